The number of carbonyl (C=O) groups is 2. The minimum absolute atomic E-state index is 0.00508. The third kappa shape index (κ3) is 66.8. The van der Waals surface area contributed by atoms with Crippen molar-refractivity contribution in [3.8, 4) is 0 Å². The standard InChI is InChI=1S/C75H141NO5/c1-3-5-7-9-11-13-15-17-19-21-23-24-29-32-35-39-43-47-51-55-59-63-67-73(78)72(71-77)76-74(79)68-64-60-56-52-48-44-40-36-33-30-27-25-26-28-31-34-38-42-46-50-54-58-62-66-70-81-75(80)69-65-61-57-53-49-45-41-37-22-20-18-16-14-12-10-8-6-4-2/h14,16,20,22,27,30,63,67,72-73,77-78H,3-13,15,17-19,21,23-26,28-29,31-62,64-66,68-71H2,1-2H3,(H,76,79)/b16-14-,22-20-,30-27-,67-63+. The number of aliphatic hydroxyl groups is 2. The number of ether oxygens (including phenoxy) is 1. The molecule has 0 aliphatic heterocycles. The van der Waals surface area contributed by atoms with Crippen LogP contribution in [0.25, 0.3) is 0 Å². The second kappa shape index (κ2) is 70.3. The van der Waals surface area contributed by atoms with Crippen LogP contribution in [-0.4, -0.2) is 47.4 Å². The maximum atomic E-state index is 12.5. The summed E-state index contributed by atoms with van der Waals surface area (Å²) < 4.78 is 5.50. The molecule has 0 heterocycles. The normalized spacial score (nSPS) is 12.8. The first-order chi connectivity index (χ1) is 40.0. The molecule has 1 amide bonds. The minimum atomic E-state index is -0.850. The summed E-state index contributed by atoms with van der Waals surface area (Å²) in [6.07, 6.45) is 91.9. The number of rotatable bonds is 68. The van der Waals surface area contributed by atoms with Crippen LogP contribution in [0.1, 0.15) is 393 Å². The van der Waals surface area contributed by atoms with E-state index in [1.54, 1.807) is 6.08 Å². The molecule has 0 bridgehead atoms. The zero-order chi connectivity index (χ0) is 58.5. The van der Waals surface area contributed by atoms with Crippen molar-refractivity contribution in [2.75, 3.05) is 13.2 Å². The lowest BCUT2D eigenvalue weighted by molar-refractivity contribution is -0.143. The first kappa shape index (κ1) is 78.8. The predicted octanol–water partition coefficient (Wildman–Crippen LogP) is 23.6. The number of hydrogen-bond donors (Lipinski definition) is 3. The summed E-state index contributed by atoms with van der Waals surface area (Å²) in [5, 5.41) is 23.3. The SMILES string of the molecule is CCCCCC/C=C\C/C=C\CCCCCCCCCC(=O)OCCCCCCCCCCCCCC/C=C\CCCCCCCCCCC(=O)NC(CO)C(O)/C=C/CCCCCCCCCCCCCCCCCCCCCC. The van der Waals surface area contributed by atoms with Crippen molar-refractivity contribution < 1.29 is 24.5 Å². The molecule has 81 heavy (non-hydrogen) atoms. The Bertz CT molecular complexity index is 1360. The molecule has 0 aromatic carbocycles. The highest BCUT2D eigenvalue weighted by Crippen LogP contribution is 2.18. The van der Waals surface area contributed by atoms with Gasteiger partial charge in [-0.25, -0.2) is 0 Å². The van der Waals surface area contributed by atoms with Crippen LogP contribution in [0.3, 0.4) is 0 Å². The highest BCUT2D eigenvalue weighted by molar-refractivity contribution is 5.76. The summed E-state index contributed by atoms with van der Waals surface area (Å²) in [7, 11) is 0. The Kier molecular flexibility index (Phi) is 68.4. The van der Waals surface area contributed by atoms with E-state index < -0.39 is 12.1 Å². The Morgan fingerprint density at radius 2 is 0.617 bits per heavy atom. The van der Waals surface area contributed by atoms with Crippen LogP contribution >= 0.6 is 0 Å². The van der Waals surface area contributed by atoms with Crippen LogP contribution < -0.4 is 5.32 Å². The molecule has 2 unspecified atom stereocenters. The van der Waals surface area contributed by atoms with Gasteiger partial charge >= 0.3 is 5.97 Å². The monoisotopic (exact) mass is 1140 g/mol. The van der Waals surface area contributed by atoms with Crippen molar-refractivity contribution in [3.63, 3.8) is 0 Å². The smallest absolute Gasteiger partial charge is 0.305 e. The van der Waals surface area contributed by atoms with Crippen molar-refractivity contribution in [2.45, 2.75) is 405 Å². The van der Waals surface area contributed by atoms with Gasteiger partial charge in [-0.1, -0.05) is 339 Å². The van der Waals surface area contributed by atoms with Gasteiger partial charge in [-0.05, 0) is 89.9 Å². The summed E-state index contributed by atoms with van der Waals surface area (Å²) in [5.74, 6) is -0.0642. The van der Waals surface area contributed by atoms with Gasteiger partial charge in [0.25, 0.3) is 0 Å². The maximum absolute atomic E-state index is 12.5. The average Bonchev–Trinajstić information content (AvgIpc) is 3.47. The van der Waals surface area contributed by atoms with Crippen LogP contribution in [0, 0.1) is 0 Å². The lowest BCUT2D eigenvalue weighted by Gasteiger charge is -2.20. The summed E-state index contributed by atoms with van der Waals surface area (Å²) in [5.41, 5.74) is 0. The van der Waals surface area contributed by atoms with Gasteiger partial charge in [0.1, 0.15) is 0 Å². The lowest BCUT2D eigenvalue weighted by Crippen LogP contribution is -2.45. The molecule has 0 fully saturated rings. The van der Waals surface area contributed by atoms with Gasteiger partial charge in [0.2, 0.25) is 5.91 Å². The number of unbranched alkanes of at least 4 members (excludes halogenated alkanes) is 51. The average molecular weight is 1140 g/mol. The Labute approximate surface area is 506 Å². The molecule has 3 N–H and O–H groups in total. The van der Waals surface area contributed by atoms with E-state index in [1.807, 2.05) is 6.08 Å². The van der Waals surface area contributed by atoms with Crippen LogP contribution in [-0.2, 0) is 14.3 Å². The fraction of sp³-hybridized carbons (Fsp3) is 0.867. The Balaban J connectivity index is 3.43. The van der Waals surface area contributed by atoms with Crippen LogP contribution in [0.2, 0.25) is 0 Å². The fourth-order valence-corrected chi connectivity index (χ4v) is 11.3. The number of carbonyl (C=O) groups excluding carboxylic acids is 2. The second-order valence-corrected chi connectivity index (χ2v) is 24.9. The molecule has 2 atom stereocenters. The molecule has 0 saturated carbocycles. The molecule has 0 saturated heterocycles. The van der Waals surface area contributed by atoms with E-state index in [9.17, 15) is 19.8 Å². The van der Waals surface area contributed by atoms with Crippen molar-refractivity contribution in [1.82, 2.24) is 5.32 Å². The molecular weight excluding hydrogens is 995 g/mol. The van der Waals surface area contributed by atoms with Crippen molar-refractivity contribution >= 4 is 11.9 Å². The quantitative estimate of drug-likeness (QED) is 0.0320. The van der Waals surface area contributed by atoms with Crippen molar-refractivity contribution in [2.24, 2.45) is 0 Å². The number of esters is 1. The first-order valence-electron chi connectivity index (χ1n) is 36.4. The van der Waals surface area contributed by atoms with E-state index in [4.69, 9.17) is 4.74 Å². The highest BCUT2D eigenvalue weighted by atomic mass is 16.5. The molecule has 0 rings (SSSR count). The fourth-order valence-electron chi connectivity index (χ4n) is 11.3. The summed E-state index contributed by atoms with van der Waals surface area (Å²) in [6, 6.07) is -0.633. The summed E-state index contributed by atoms with van der Waals surface area (Å²) in [6.45, 7) is 4.91. The Hall–Kier alpha value is -2.18. The maximum Gasteiger partial charge on any atom is 0.305 e. The molecule has 0 aromatic heterocycles. The van der Waals surface area contributed by atoms with Crippen molar-refractivity contribution in [1.29, 1.82) is 0 Å². The molecule has 0 aromatic rings. The zero-order valence-corrected chi connectivity index (χ0v) is 54.5. The van der Waals surface area contributed by atoms with Gasteiger partial charge in [0.05, 0.1) is 25.4 Å². The van der Waals surface area contributed by atoms with E-state index in [0.717, 1.165) is 51.4 Å². The number of amides is 1. The van der Waals surface area contributed by atoms with Gasteiger partial charge < -0.3 is 20.3 Å². The van der Waals surface area contributed by atoms with Gasteiger partial charge in [-0.2, -0.15) is 0 Å². The second-order valence-electron chi connectivity index (χ2n) is 24.9. The Morgan fingerprint density at radius 3 is 0.963 bits per heavy atom. The Morgan fingerprint density at radius 1 is 0.346 bits per heavy atom. The molecule has 0 aliphatic rings. The van der Waals surface area contributed by atoms with E-state index in [0.29, 0.717) is 19.4 Å². The number of aliphatic hydroxyl groups excluding tert-OH is 2. The molecule has 6 nitrogen and oxygen atoms in total. The highest BCUT2D eigenvalue weighted by Gasteiger charge is 2.18. The predicted molar refractivity (Wildman–Crippen MR) is 356 cm³/mol. The minimum Gasteiger partial charge on any atom is -0.466 e. The third-order valence-electron chi connectivity index (χ3n) is 16.8. The van der Waals surface area contributed by atoms with Crippen LogP contribution in [0.5, 0.6) is 0 Å². The number of nitrogens with one attached hydrogen (secondary N) is 1. The van der Waals surface area contributed by atoms with E-state index in [1.165, 1.54) is 315 Å². The summed E-state index contributed by atoms with van der Waals surface area (Å²) >= 11 is 0. The lowest BCUT2D eigenvalue weighted by atomic mass is 10.0. The van der Waals surface area contributed by atoms with Crippen LogP contribution in [0.15, 0.2) is 48.6 Å². The van der Waals surface area contributed by atoms with E-state index >= 15 is 0 Å². The van der Waals surface area contributed by atoms with Gasteiger partial charge in [-0.15, -0.1) is 0 Å². The molecule has 6 heteroatoms. The van der Waals surface area contributed by atoms with Crippen molar-refractivity contribution in [3.05, 3.63) is 48.6 Å². The van der Waals surface area contributed by atoms with E-state index in [2.05, 4.69) is 55.6 Å². The van der Waals surface area contributed by atoms with Gasteiger partial charge in [-0.3, -0.25) is 9.59 Å². The van der Waals surface area contributed by atoms with Crippen LogP contribution in [0.4, 0.5) is 0 Å². The van der Waals surface area contributed by atoms with Gasteiger partial charge in [0, 0.05) is 12.8 Å². The number of hydrogen-bond acceptors (Lipinski definition) is 5. The summed E-state index contributed by atoms with van der Waals surface area (Å²) in [4.78, 5) is 24.6. The van der Waals surface area contributed by atoms with Gasteiger partial charge in [0.15, 0.2) is 0 Å². The first-order valence-corrected chi connectivity index (χ1v) is 36.4. The molecular formula is C75H141NO5. The molecule has 0 spiro atoms. The third-order valence-corrected chi connectivity index (χ3v) is 16.8. The zero-order valence-electron chi connectivity index (χ0n) is 54.5. The van der Waals surface area contributed by atoms with E-state index in [-0.39, 0.29) is 18.5 Å². The largest absolute Gasteiger partial charge is 0.466 e. The molecule has 0 radical (unpaired) electrons. The number of allylic oxidation sites excluding steroid dienone is 7. The molecule has 476 valence electrons. The topological polar surface area (TPSA) is 95.9 Å². The molecule has 0 aliphatic carbocycles.